The summed E-state index contributed by atoms with van der Waals surface area (Å²) < 4.78 is 77.0. The molecule has 0 amide bonds. The number of quaternary nitrogens is 2. The molecule has 0 radical (unpaired) electrons. The molecule has 3 aromatic carbocycles. The average Bonchev–Trinajstić information content (AvgIpc) is 3.52. The van der Waals surface area contributed by atoms with E-state index in [1.165, 1.54) is 24.3 Å². The molecule has 0 bridgehead atoms. The van der Waals surface area contributed by atoms with Gasteiger partial charge >= 0.3 is 0 Å². The van der Waals surface area contributed by atoms with Crippen molar-refractivity contribution in [3.05, 3.63) is 119 Å². The van der Waals surface area contributed by atoms with Gasteiger partial charge in [0, 0.05) is 58.9 Å². The molecular weight excluding hydrogens is 853 g/mol. The second kappa shape index (κ2) is 18.0. The Morgan fingerprint density at radius 2 is 1.41 bits per heavy atom. The molecule has 2 aliphatic heterocycles. The molecule has 3 aliphatic rings. The van der Waals surface area contributed by atoms with E-state index in [-0.39, 0.29) is 20.7 Å². The molecule has 2 heterocycles. The first-order chi connectivity index (χ1) is 29.6. The Labute approximate surface area is 380 Å². The molecule has 0 atom stereocenters. The predicted molar refractivity (Wildman–Crippen MR) is 249 cm³/mol. The van der Waals surface area contributed by atoms with Gasteiger partial charge in [0.1, 0.15) is 20.2 Å². The molecule has 0 unspecified atom stereocenters. The molecule has 0 saturated heterocycles. The summed E-state index contributed by atoms with van der Waals surface area (Å²) in [5.41, 5.74) is 7.50. The van der Waals surface area contributed by atoms with Crippen LogP contribution in [0.25, 0.3) is 0 Å². The molecule has 0 aromatic heterocycles. The lowest BCUT2D eigenvalue weighted by Crippen LogP contribution is -2.37. The summed E-state index contributed by atoms with van der Waals surface area (Å²) in [6.45, 7) is 11.3. The molecule has 6 rings (SSSR count). The van der Waals surface area contributed by atoms with E-state index in [4.69, 9.17) is 0 Å². The molecule has 16 heteroatoms. The van der Waals surface area contributed by atoms with Crippen LogP contribution in [0, 0.1) is 0 Å². The van der Waals surface area contributed by atoms with Crippen LogP contribution in [0.4, 0.5) is 22.7 Å². The summed E-state index contributed by atoms with van der Waals surface area (Å²) in [6.07, 6.45) is 12.4. The van der Waals surface area contributed by atoms with E-state index in [0.717, 1.165) is 105 Å². The normalized spacial score (nSPS) is 19.0. The van der Waals surface area contributed by atoms with E-state index in [9.17, 15) is 36.4 Å². The van der Waals surface area contributed by atoms with Crippen molar-refractivity contribution in [1.82, 2.24) is 0 Å². The molecule has 346 valence electrons. The third-order valence-corrected chi connectivity index (χ3v) is 14.2. The highest BCUT2D eigenvalue weighted by molar-refractivity contribution is 7.86. The van der Waals surface area contributed by atoms with Gasteiger partial charge in [-0.3, -0.25) is 10.4 Å². The number of benzene rings is 3. The van der Waals surface area contributed by atoms with E-state index in [2.05, 4.69) is 81.4 Å². The average molecular weight is 918 g/mol. The van der Waals surface area contributed by atoms with E-state index in [0.29, 0.717) is 18.8 Å². The smallest absolute Gasteiger partial charge is 0.209 e. The summed E-state index contributed by atoms with van der Waals surface area (Å²) in [5.74, 6) is 0. The maximum atomic E-state index is 12.2. The minimum Gasteiger partial charge on any atom is -0.744 e. The van der Waals surface area contributed by atoms with E-state index in [1.54, 1.807) is 30.3 Å². The SMILES string of the molecule is CC1(C)C(/C=C/C2=C(Nc3cccc(N(O)O)c3)C(=C/C=C3/N(CCC[N+](C)(C)C)c4ccc(S(=O)(=O)[O-])cc4C3(C)C)/CCC2)=[N+](CCC[N+](C)(C)C)c2ccc(S(=O)(=O)[O-])cc21. The Kier molecular flexibility index (Phi) is 13.7. The third kappa shape index (κ3) is 10.9. The van der Waals surface area contributed by atoms with Crippen LogP contribution in [-0.2, 0) is 31.1 Å². The number of allylic oxidation sites excluding steroid dienone is 7. The maximum absolute atomic E-state index is 12.2. The van der Waals surface area contributed by atoms with Gasteiger partial charge in [-0.25, -0.2) is 16.8 Å². The van der Waals surface area contributed by atoms with Gasteiger partial charge in [-0.15, -0.1) is 5.23 Å². The van der Waals surface area contributed by atoms with Gasteiger partial charge < -0.3 is 28.3 Å². The number of anilines is 3. The monoisotopic (exact) mass is 917 g/mol. The first-order valence-electron chi connectivity index (χ1n) is 21.7. The molecule has 3 N–H and O–H groups in total. The van der Waals surface area contributed by atoms with Crippen LogP contribution in [0.3, 0.4) is 0 Å². The highest BCUT2D eigenvalue weighted by atomic mass is 32.2. The first kappa shape index (κ1) is 48.8. The van der Waals surface area contributed by atoms with Crippen LogP contribution in [0.15, 0.2) is 117 Å². The summed E-state index contributed by atoms with van der Waals surface area (Å²) in [6, 6.07) is 16.1. The van der Waals surface area contributed by atoms with Crippen molar-refractivity contribution in [2.45, 2.75) is 80.4 Å². The van der Waals surface area contributed by atoms with Crippen LogP contribution < -0.4 is 15.4 Å². The van der Waals surface area contributed by atoms with Crippen molar-refractivity contribution < 1.29 is 49.9 Å². The summed E-state index contributed by atoms with van der Waals surface area (Å²) in [4.78, 5) is 1.71. The second-order valence-corrected chi connectivity index (χ2v) is 23.0. The number of fused-ring (bicyclic) bond motifs is 2. The fraction of sp³-hybridized carbons (Fsp3) is 0.438. The first-order valence-corrected chi connectivity index (χ1v) is 24.5. The van der Waals surface area contributed by atoms with Gasteiger partial charge in [-0.1, -0.05) is 32.1 Å². The quantitative estimate of drug-likeness (QED) is 0.0567. The Morgan fingerprint density at radius 1 is 0.781 bits per heavy atom. The van der Waals surface area contributed by atoms with E-state index in [1.807, 2.05) is 33.8 Å². The second-order valence-electron chi connectivity index (χ2n) is 20.2. The molecule has 0 spiro atoms. The number of rotatable bonds is 16. The standard InChI is InChI=1S/C48H64N6O8S2/c1-47(2)40-32-38(63(57,58)59)21-23-42(40)50(27-13-29-53(5,6)7)44(47)25-19-34-15-11-16-35(46(34)49-36-17-12-18-37(31-36)52(55)56)20-26-45-48(3,4)41-33-39(64(60,61)62)22-24-43(41)51(45)28-14-30-54(8,9)10/h12,17-26,31-33,55-56H,11,13-16,27-30H2,1-10H3/p+1/b34-19+,44-25+. The maximum Gasteiger partial charge on any atom is 0.209 e. The van der Waals surface area contributed by atoms with Gasteiger partial charge in [0.2, 0.25) is 5.69 Å². The zero-order chi connectivity index (χ0) is 47.2. The van der Waals surface area contributed by atoms with Crippen molar-refractivity contribution in [3.8, 4) is 0 Å². The minimum atomic E-state index is -4.68. The van der Waals surface area contributed by atoms with Crippen LogP contribution in [0.5, 0.6) is 0 Å². The van der Waals surface area contributed by atoms with Gasteiger partial charge in [0.25, 0.3) is 0 Å². The molecule has 64 heavy (non-hydrogen) atoms. The topological polar surface area (TPSA) is 176 Å². The predicted octanol–water partition coefficient (Wildman–Crippen LogP) is 7.36. The highest BCUT2D eigenvalue weighted by Crippen LogP contribution is 2.49. The van der Waals surface area contributed by atoms with Gasteiger partial charge in [-0.05, 0) is 104 Å². The number of nitrogens with zero attached hydrogens (tertiary/aromatic N) is 5. The molecule has 3 aromatic rings. The van der Waals surface area contributed by atoms with Crippen molar-refractivity contribution in [1.29, 1.82) is 0 Å². The zero-order valence-electron chi connectivity index (χ0n) is 38.8. The summed E-state index contributed by atoms with van der Waals surface area (Å²) in [5, 5.41) is 23.5. The van der Waals surface area contributed by atoms with Crippen molar-refractivity contribution in [2.75, 3.05) is 83.9 Å². The lowest BCUT2D eigenvalue weighted by atomic mass is 9.81. The zero-order valence-corrected chi connectivity index (χ0v) is 40.5. The molecular formula is C48H65N6O8S2+. The molecule has 1 aliphatic carbocycles. The molecule has 14 nitrogen and oxygen atoms in total. The third-order valence-electron chi connectivity index (χ3n) is 12.5. The van der Waals surface area contributed by atoms with E-state index < -0.39 is 31.1 Å². The van der Waals surface area contributed by atoms with Crippen LogP contribution in [0.2, 0.25) is 0 Å². The Morgan fingerprint density at radius 3 is 2.03 bits per heavy atom. The van der Waals surface area contributed by atoms with Crippen LogP contribution in [0.1, 0.15) is 70.9 Å². The molecule has 0 fully saturated rings. The largest absolute Gasteiger partial charge is 0.744 e. The lowest BCUT2D eigenvalue weighted by molar-refractivity contribution is -0.871. The van der Waals surface area contributed by atoms with E-state index >= 15 is 0 Å². The fourth-order valence-electron chi connectivity index (χ4n) is 9.14. The van der Waals surface area contributed by atoms with Gasteiger partial charge in [0.05, 0.1) is 82.7 Å². The Balaban J connectivity index is 1.50. The lowest BCUT2D eigenvalue weighted by Gasteiger charge is -2.29. The number of hydrogen-bond donors (Lipinski definition) is 3. The summed E-state index contributed by atoms with van der Waals surface area (Å²) in [7, 11) is 3.50. The number of hydrogen-bond acceptors (Lipinski definition) is 11. The summed E-state index contributed by atoms with van der Waals surface area (Å²) >= 11 is 0. The Hall–Kier alpha value is -4.65. The number of nitrogens with one attached hydrogen (secondary N) is 1. The minimum absolute atomic E-state index is 0.0754. The van der Waals surface area contributed by atoms with Gasteiger partial charge in [0.15, 0.2) is 12.3 Å². The van der Waals surface area contributed by atoms with Crippen molar-refractivity contribution in [3.63, 3.8) is 0 Å². The van der Waals surface area contributed by atoms with Crippen molar-refractivity contribution in [2.24, 2.45) is 0 Å². The van der Waals surface area contributed by atoms with Gasteiger partial charge in [-0.2, -0.15) is 4.58 Å². The molecule has 0 saturated carbocycles. The fourth-order valence-corrected chi connectivity index (χ4v) is 10.1. The van der Waals surface area contributed by atoms with Crippen molar-refractivity contribution >= 4 is 48.7 Å². The van der Waals surface area contributed by atoms with Crippen LogP contribution in [-0.4, -0.2) is 124 Å². The highest BCUT2D eigenvalue weighted by Gasteiger charge is 2.45. The van der Waals surface area contributed by atoms with Crippen LogP contribution >= 0.6 is 0 Å². The Bertz CT molecular complexity index is 2680.